The van der Waals surface area contributed by atoms with E-state index in [9.17, 15) is 22.4 Å². The van der Waals surface area contributed by atoms with Gasteiger partial charge in [-0.15, -0.1) is 0 Å². The summed E-state index contributed by atoms with van der Waals surface area (Å²) in [4.78, 5) is 23.5. The van der Waals surface area contributed by atoms with Crippen LogP contribution in [-0.4, -0.2) is 29.1 Å². The topological polar surface area (TPSA) is 79.4 Å². The molecule has 0 bridgehead atoms. The van der Waals surface area contributed by atoms with Crippen molar-refractivity contribution in [1.82, 2.24) is 9.97 Å². The number of nitrogens with zero attached hydrogens (tertiary/aromatic N) is 3. The van der Waals surface area contributed by atoms with E-state index in [1.54, 1.807) is 24.4 Å². The molecule has 0 unspecified atom stereocenters. The van der Waals surface area contributed by atoms with Gasteiger partial charge in [0.15, 0.2) is 0 Å². The van der Waals surface area contributed by atoms with Crippen LogP contribution < -0.4 is 20.3 Å². The first-order valence-electron chi connectivity index (χ1n) is 11.5. The fourth-order valence-corrected chi connectivity index (χ4v) is 4.00. The Morgan fingerprint density at radius 3 is 2.43 bits per heavy atom. The first kappa shape index (κ1) is 24.3. The summed E-state index contributed by atoms with van der Waals surface area (Å²) in [6.07, 6.45) is -0.569. The van der Waals surface area contributed by atoms with Crippen LogP contribution in [0.4, 0.5) is 39.5 Å². The Morgan fingerprint density at radius 2 is 1.68 bits per heavy atom. The number of amides is 2. The van der Waals surface area contributed by atoms with E-state index in [4.69, 9.17) is 4.74 Å². The van der Waals surface area contributed by atoms with Crippen molar-refractivity contribution in [3.8, 4) is 11.5 Å². The van der Waals surface area contributed by atoms with Gasteiger partial charge in [-0.1, -0.05) is 6.07 Å². The molecule has 5 rings (SSSR count). The highest BCUT2D eigenvalue weighted by Crippen LogP contribution is 2.31. The van der Waals surface area contributed by atoms with Crippen LogP contribution in [0.1, 0.15) is 18.4 Å². The number of hydrogen-bond acceptors (Lipinski definition) is 5. The zero-order valence-corrected chi connectivity index (χ0v) is 19.3. The van der Waals surface area contributed by atoms with Crippen LogP contribution >= 0.6 is 0 Å². The second kappa shape index (κ2) is 9.92. The number of aromatic nitrogens is 2. The molecule has 2 N–H and O–H groups in total. The normalized spacial score (nSPS) is 13.6. The van der Waals surface area contributed by atoms with Crippen molar-refractivity contribution in [3.63, 3.8) is 0 Å². The number of nitrogens with one attached hydrogen (secondary N) is 2. The third kappa shape index (κ3) is 5.71. The SMILES string of the molecule is O=C(Nc1cccc(C(F)(F)F)c1)Nc1ccc(Oc2ccc3ncc(N4CCCC4)nc3c2)cc1F. The quantitative estimate of drug-likeness (QED) is 0.287. The predicted octanol–water partition coefficient (Wildman–Crippen LogP) is 6.82. The van der Waals surface area contributed by atoms with E-state index in [1.807, 2.05) is 0 Å². The number of ether oxygens (including phenoxy) is 1. The van der Waals surface area contributed by atoms with Crippen LogP contribution in [0.25, 0.3) is 11.0 Å². The summed E-state index contributed by atoms with van der Waals surface area (Å²) in [6.45, 7) is 1.88. The van der Waals surface area contributed by atoms with Gasteiger partial charge in [0.1, 0.15) is 23.1 Å². The Kier molecular flexibility index (Phi) is 6.51. The van der Waals surface area contributed by atoms with Crippen molar-refractivity contribution >= 4 is 34.3 Å². The number of alkyl halides is 3. The smallest absolute Gasteiger partial charge is 0.416 e. The van der Waals surface area contributed by atoms with E-state index in [2.05, 4.69) is 25.5 Å². The summed E-state index contributed by atoms with van der Waals surface area (Å²) < 4.78 is 59.0. The van der Waals surface area contributed by atoms with Crippen LogP contribution in [0.2, 0.25) is 0 Å². The molecule has 11 heteroatoms. The Labute approximate surface area is 209 Å². The Bertz CT molecular complexity index is 1450. The predicted molar refractivity (Wildman–Crippen MR) is 132 cm³/mol. The van der Waals surface area contributed by atoms with E-state index in [-0.39, 0.29) is 17.1 Å². The average molecular weight is 511 g/mol. The van der Waals surface area contributed by atoms with Crippen LogP contribution in [0.3, 0.4) is 0 Å². The Hall–Kier alpha value is -4.41. The maximum Gasteiger partial charge on any atom is 0.416 e. The van der Waals surface area contributed by atoms with E-state index in [1.165, 1.54) is 18.2 Å². The molecule has 190 valence electrons. The lowest BCUT2D eigenvalue weighted by Crippen LogP contribution is -2.20. The largest absolute Gasteiger partial charge is 0.457 e. The average Bonchev–Trinajstić information content (AvgIpc) is 3.40. The minimum Gasteiger partial charge on any atom is -0.457 e. The molecule has 37 heavy (non-hydrogen) atoms. The molecule has 1 fully saturated rings. The standard InChI is InChI=1S/C26H21F4N5O2/c27-20-13-18(6-8-21(20)34-25(36)32-17-5-3-4-16(12-17)26(28,29)30)37-19-7-9-22-23(14-19)33-24(15-31-22)35-10-1-2-11-35/h3-9,12-15H,1-2,10-11H2,(H2,32,34,36). The van der Waals surface area contributed by atoms with Crippen LogP contribution in [0.15, 0.2) is 66.9 Å². The van der Waals surface area contributed by atoms with Crippen LogP contribution in [0.5, 0.6) is 11.5 Å². The fraction of sp³-hybridized carbons (Fsp3) is 0.192. The summed E-state index contributed by atoms with van der Waals surface area (Å²) in [6, 6.07) is 12.3. The van der Waals surface area contributed by atoms with Crippen molar-refractivity contribution in [1.29, 1.82) is 0 Å². The molecule has 4 aromatic rings. The lowest BCUT2D eigenvalue weighted by molar-refractivity contribution is -0.137. The summed E-state index contributed by atoms with van der Waals surface area (Å²) >= 11 is 0. The van der Waals surface area contributed by atoms with Crippen molar-refractivity contribution in [3.05, 3.63) is 78.2 Å². The number of fused-ring (bicyclic) bond motifs is 1. The minimum atomic E-state index is -4.55. The highest BCUT2D eigenvalue weighted by molar-refractivity contribution is 5.99. The number of halogens is 4. The molecule has 1 saturated heterocycles. The lowest BCUT2D eigenvalue weighted by Gasteiger charge is -2.16. The summed E-state index contributed by atoms with van der Waals surface area (Å²) in [5.74, 6) is 0.632. The van der Waals surface area contributed by atoms with Gasteiger partial charge in [0.25, 0.3) is 0 Å². The second-order valence-electron chi connectivity index (χ2n) is 8.47. The first-order chi connectivity index (χ1) is 17.7. The number of rotatable bonds is 5. The fourth-order valence-electron chi connectivity index (χ4n) is 4.00. The second-order valence-corrected chi connectivity index (χ2v) is 8.47. The van der Waals surface area contributed by atoms with Gasteiger partial charge >= 0.3 is 12.2 Å². The van der Waals surface area contributed by atoms with Gasteiger partial charge in [0, 0.05) is 30.9 Å². The van der Waals surface area contributed by atoms with Gasteiger partial charge < -0.3 is 20.3 Å². The van der Waals surface area contributed by atoms with Gasteiger partial charge in [-0.3, -0.25) is 4.98 Å². The maximum atomic E-state index is 14.7. The molecule has 0 saturated carbocycles. The molecule has 1 aliphatic rings. The van der Waals surface area contributed by atoms with Crippen molar-refractivity contribution < 1.29 is 27.1 Å². The molecule has 2 heterocycles. The number of carbonyl (C=O) groups is 1. The zero-order chi connectivity index (χ0) is 26.0. The van der Waals surface area contributed by atoms with Crippen LogP contribution in [0, 0.1) is 5.82 Å². The molecule has 1 aliphatic heterocycles. The molecular formula is C26H21F4N5O2. The van der Waals surface area contributed by atoms with E-state index in [0.29, 0.717) is 16.8 Å². The number of benzene rings is 3. The minimum absolute atomic E-state index is 0.0834. The lowest BCUT2D eigenvalue weighted by atomic mass is 10.2. The van der Waals surface area contributed by atoms with Gasteiger partial charge in [-0.2, -0.15) is 13.2 Å². The highest BCUT2D eigenvalue weighted by Gasteiger charge is 2.30. The summed E-state index contributed by atoms with van der Waals surface area (Å²) in [5.41, 5.74) is 0.182. The van der Waals surface area contributed by atoms with Crippen molar-refractivity contribution in [2.75, 3.05) is 28.6 Å². The molecule has 1 aromatic heterocycles. The molecular weight excluding hydrogens is 490 g/mol. The number of hydrogen-bond donors (Lipinski definition) is 2. The number of carbonyl (C=O) groups excluding carboxylic acids is 1. The summed E-state index contributed by atoms with van der Waals surface area (Å²) in [5, 5.41) is 4.54. The third-order valence-electron chi connectivity index (χ3n) is 5.80. The number of anilines is 3. The van der Waals surface area contributed by atoms with Gasteiger partial charge in [0.2, 0.25) is 0 Å². The molecule has 0 atom stereocenters. The monoisotopic (exact) mass is 511 g/mol. The first-order valence-corrected chi connectivity index (χ1v) is 11.5. The zero-order valence-electron chi connectivity index (χ0n) is 19.3. The molecule has 0 radical (unpaired) electrons. The Balaban J connectivity index is 1.26. The third-order valence-corrected chi connectivity index (χ3v) is 5.80. The maximum absolute atomic E-state index is 14.7. The van der Waals surface area contributed by atoms with Gasteiger partial charge in [-0.25, -0.2) is 14.2 Å². The van der Waals surface area contributed by atoms with Gasteiger partial charge in [-0.05, 0) is 55.3 Å². The van der Waals surface area contributed by atoms with Gasteiger partial charge in [0.05, 0.1) is 28.5 Å². The molecule has 0 aliphatic carbocycles. The molecule has 3 aromatic carbocycles. The molecule has 2 amide bonds. The van der Waals surface area contributed by atoms with E-state index >= 15 is 0 Å². The molecule has 0 spiro atoms. The van der Waals surface area contributed by atoms with E-state index < -0.39 is 23.6 Å². The highest BCUT2D eigenvalue weighted by atomic mass is 19.4. The van der Waals surface area contributed by atoms with Crippen molar-refractivity contribution in [2.24, 2.45) is 0 Å². The Morgan fingerprint density at radius 1 is 0.919 bits per heavy atom. The molecule has 7 nitrogen and oxygen atoms in total. The summed E-state index contributed by atoms with van der Waals surface area (Å²) in [7, 11) is 0. The number of urea groups is 1. The van der Waals surface area contributed by atoms with Crippen LogP contribution in [-0.2, 0) is 6.18 Å². The van der Waals surface area contributed by atoms with E-state index in [0.717, 1.165) is 56.0 Å². The van der Waals surface area contributed by atoms with Crippen molar-refractivity contribution in [2.45, 2.75) is 19.0 Å².